The Bertz CT molecular complexity index is 2770. The minimum absolute atomic E-state index is 0.0148. The number of aliphatic hydroxyl groups excluding tert-OH is 9. The minimum atomic E-state index is -5.46. The molecule has 25 atom stereocenters. The van der Waals surface area contributed by atoms with Crippen LogP contribution in [0.4, 0.5) is 0 Å². The molecule has 37 nitrogen and oxygen atoms in total. The summed E-state index contributed by atoms with van der Waals surface area (Å²) in [6.07, 6.45) is -18.5. The molecule has 0 aromatic heterocycles. The number of phosphoric acid groups is 4. The molecule has 0 aromatic carbocycles. The molecule has 100 heavy (non-hydrogen) atoms. The Morgan fingerprint density at radius 2 is 0.680 bits per heavy atom. The van der Waals surface area contributed by atoms with Gasteiger partial charge in [0.05, 0.1) is 106 Å². The summed E-state index contributed by atoms with van der Waals surface area (Å²) in [5, 5.41) is 90.8. The molecule has 9 N–H and O–H groups in total. The van der Waals surface area contributed by atoms with Gasteiger partial charge < -0.3 is 145 Å². The molecule has 0 spiro atoms. The summed E-state index contributed by atoms with van der Waals surface area (Å²) in [5.41, 5.74) is -2.42. The van der Waals surface area contributed by atoms with Crippen molar-refractivity contribution in [2.75, 3.05) is 79.1 Å². The highest BCUT2D eigenvalue weighted by Crippen LogP contribution is 2.50. The van der Waals surface area contributed by atoms with E-state index in [-0.39, 0.29) is 103 Å². The van der Waals surface area contributed by atoms with E-state index in [1.807, 2.05) is 0 Å². The van der Waals surface area contributed by atoms with Crippen LogP contribution in [-0.2, 0) is 97.3 Å². The fourth-order valence-corrected chi connectivity index (χ4v) is 16.7. The monoisotopic (exact) mass is 1520 g/mol. The van der Waals surface area contributed by atoms with Crippen molar-refractivity contribution in [1.29, 1.82) is 0 Å². The number of unbranched alkanes of at least 4 members (excludes halogenated alkanes) is 3. The van der Waals surface area contributed by atoms with Gasteiger partial charge in [-0.1, -0.05) is 20.8 Å². The van der Waals surface area contributed by atoms with Crippen LogP contribution in [0, 0.1) is 17.8 Å². The Labute approximate surface area is 582 Å². The maximum Gasteiger partial charge on any atom is 0.268 e. The highest BCUT2D eigenvalue weighted by Gasteiger charge is 2.47. The topological polar surface area (TPSA) is 533 Å². The van der Waals surface area contributed by atoms with Gasteiger partial charge in [0.25, 0.3) is 31.3 Å². The van der Waals surface area contributed by atoms with Crippen LogP contribution in [0.5, 0.6) is 0 Å². The second-order valence-corrected chi connectivity index (χ2v) is 33.6. The zero-order valence-corrected chi connectivity index (χ0v) is 61.5. The molecule has 3 amide bonds. The van der Waals surface area contributed by atoms with Gasteiger partial charge in [-0.15, -0.1) is 0 Å². The molecule has 584 valence electrons. The Kier molecular flexibility index (Phi) is 33.4. The van der Waals surface area contributed by atoms with Crippen LogP contribution in [0.25, 0.3) is 0 Å². The van der Waals surface area contributed by atoms with Gasteiger partial charge in [0, 0.05) is 76.5 Å². The molecule has 6 heterocycles. The molecule has 19 unspecified atom stereocenters. The number of hydrogen-bond acceptors (Lipinski definition) is 34. The molecule has 6 aliphatic heterocycles. The normalized spacial score (nSPS) is 35.5. The third kappa shape index (κ3) is 26.6. The summed E-state index contributed by atoms with van der Waals surface area (Å²) in [7, 11) is -21.0. The first-order valence-electron chi connectivity index (χ1n) is 33.8. The standard InChI is InChI=1S/C59H109N3O34P4/c1-34-49(69)52(72)43(28-63)89-55(34)83-19-13-10-16-46(66)60-25-40(92-98(77,78)87-32-38-24-42(94-100(81,82)96-59(7,8)9)27-62(38)48(68)18-12-15-21-85-57-36(3)51(71)54(74)45(30-65)91-57)22-37(60)31-86-97(75,76)93-41-23-39(33-88-99(79,80)95-58(4,5)6)61(26-41)47(67)17-11-14-20-84-56-35(2)50(70)53(73)44(29-64)90-56/h34-45,49-57,63-65,69-74H,10-33H2,1-9H3,(H,75,76)(H,77,78)(H,79,80)(H,81,82)/p-4/t34?,35?,36?,37-,38-,39-,40+,41+,42+,43?,44?,45?,49?,50?,51?,52?,53?,54?,55?,56?,57?/m0/s1. The van der Waals surface area contributed by atoms with Crippen LogP contribution < -0.4 is 19.6 Å². The molecule has 0 radical (unpaired) electrons. The smallest absolute Gasteiger partial charge is 0.268 e. The van der Waals surface area contributed by atoms with E-state index in [9.17, 15) is 98.2 Å². The second kappa shape index (κ2) is 38.4. The average molecular weight is 1520 g/mol. The number of amides is 3. The quantitative estimate of drug-likeness (QED) is 0.0245. The molecule has 41 heteroatoms. The zero-order chi connectivity index (χ0) is 74.5. The van der Waals surface area contributed by atoms with Crippen molar-refractivity contribution in [2.24, 2.45) is 17.8 Å². The number of hydrogen-bond donors (Lipinski definition) is 9. The van der Waals surface area contributed by atoms with E-state index >= 15 is 0 Å². The lowest BCUT2D eigenvalue weighted by molar-refractivity contribution is -0.282. The van der Waals surface area contributed by atoms with E-state index in [4.69, 9.17) is 64.6 Å². The molecule has 6 aliphatic rings. The van der Waals surface area contributed by atoms with Gasteiger partial charge in [0.1, 0.15) is 36.6 Å². The first-order valence-corrected chi connectivity index (χ1v) is 39.7. The summed E-state index contributed by atoms with van der Waals surface area (Å²) in [4.78, 5) is 98.8. The van der Waals surface area contributed by atoms with Crippen LogP contribution in [0.3, 0.4) is 0 Å². The SMILES string of the molecule is CC1C(OCCCCC(=O)N2C[C@H](OP(=O)([O-])OC[C@@H]3C[C@@H](OP(=O)([O-])OC(C)(C)C)CN3C(=O)CCCCOC3OC(CO)C(O)C(O)C3C)C[C@H]2COP(=O)([O-])O[C@@H]2C[C@@H](COP(=O)([O-])OC(C)(C)C)N(C(=O)CCCCOC3OC(CO)C(O)C(O)C3C)C2)OC(CO)C(O)C1O. The van der Waals surface area contributed by atoms with Crippen LogP contribution in [0.15, 0.2) is 0 Å². The van der Waals surface area contributed by atoms with Crippen LogP contribution in [0.2, 0.25) is 0 Å². The number of nitrogens with zero attached hydrogens (tertiary/aromatic N) is 3. The molecule has 6 rings (SSSR count). The van der Waals surface area contributed by atoms with Crippen molar-refractivity contribution >= 4 is 49.0 Å². The van der Waals surface area contributed by atoms with E-state index in [1.54, 1.807) is 20.8 Å². The van der Waals surface area contributed by atoms with Crippen molar-refractivity contribution in [3.05, 3.63) is 0 Å². The summed E-state index contributed by atoms with van der Waals surface area (Å²) in [6, 6.07) is -3.46. The number of phosphoric ester groups is 4. The molecular formula is C59H105N3O34P4-4. The number of rotatable bonds is 38. The van der Waals surface area contributed by atoms with E-state index in [2.05, 4.69) is 0 Å². The highest BCUT2D eigenvalue weighted by atomic mass is 31.2. The van der Waals surface area contributed by atoms with Gasteiger partial charge >= 0.3 is 0 Å². The third-order valence-electron chi connectivity index (χ3n) is 17.7. The largest absolute Gasteiger partial charge is 0.756 e. The van der Waals surface area contributed by atoms with Gasteiger partial charge in [0.2, 0.25) is 17.7 Å². The number of ether oxygens (including phenoxy) is 6. The predicted octanol–water partition coefficient (Wildman–Crippen LogP) is -1.72. The van der Waals surface area contributed by atoms with Crippen molar-refractivity contribution in [3.8, 4) is 0 Å². The number of carbonyl (C=O) groups is 3. The lowest BCUT2D eigenvalue weighted by Gasteiger charge is -2.40. The average Bonchev–Trinajstić information content (AvgIpc) is 1.45. The lowest BCUT2D eigenvalue weighted by atomic mass is 9.92. The maximum absolute atomic E-state index is 14.1. The maximum atomic E-state index is 14.1. The molecule has 6 saturated heterocycles. The molecule has 0 aromatic rings. The molecule has 6 fully saturated rings. The summed E-state index contributed by atoms with van der Waals surface area (Å²) < 4.78 is 130. The van der Waals surface area contributed by atoms with E-state index in [1.165, 1.54) is 51.3 Å². The van der Waals surface area contributed by atoms with Gasteiger partial charge in [-0.2, -0.15) is 0 Å². The fraction of sp³-hybridized carbons (Fsp3) is 0.949. The number of aliphatic hydroxyl groups is 9. The van der Waals surface area contributed by atoms with Crippen LogP contribution in [-0.4, -0.2) is 279 Å². The number of carbonyl (C=O) groups excluding carboxylic acids is 3. The minimum Gasteiger partial charge on any atom is -0.756 e. The molecule has 0 aliphatic carbocycles. The Morgan fingerprint density at radius 1 is 0.420 bits per heavy atom. The second-order valence-electron chi connectivity index (χ2n) is 28.3. The molecule has 0 bridgehead atoms. The summed E-state index contributed by atoms with van der Waals surface area (Å²) in [6.45, 7) is 8.22. The van der Waals surface area contributed by atoms with Gasteiger partial charge in [-0.3, -0.25) is 32.6 Å². The predicted molar refractivity (Wildman–Crippen MR) is 335 cm³/mol. The van der Waals surface area contributed by atoms with E-state index in [0.717, 1.165) is 4.90 Å². The van der Waals surface area contributed by atoms with Gasteiger partial charge in [-0.25, -0.2) is 0 Å². The Hall–Kier alpha value is -1.75. The van der Waals surface area contributed by atoms with Crippen molar-refractivity contribution < 1.29 is 163 Å². The number of likely N-dealkylation sites (tertiary alicyclic amines) is 3. The molecule has 0 saturated carbocycles. The van der Waals surface area contributed by atoms with E-state index < -0.39 is 241 Å². The third-order valence-corrected chi connectivity index (χ3v) is 22.3. The van der Waals surface area contributed by atoms with Crippen LogP contribution >= 0.6 is 31.3 Å². The van der Waals surface area contributed by atoms with Crippen LogP contribution in [0.1, 0.15) is 139 Å². The Morgan fingerprint density at radius 3 is 0.950 bits per heavy atom. The van der Waals surface area contributed by atoms with Crippen molar-refractivity contribution in [3.63, 3.8) is 0 Å². The highest BCUT2D eigenvalue weighted by molar-refractivity contribution is 7.46. The molecular weight excluding hydrogens is 1420 g/mol. The van der Waals surface area contributed by atoms with Gasteiger partial charge in [0.15, 0.2) is 18.9 Å². The fourth-order valence-electron chi connectivity index (χ4n) is 12.5. The lowest BCUT2D eigenvalue weighted by Crippen LogP contribution is -2.55. The first kappa shape index (κ1) is 87.2. The zero-order valence-electron chi connectivity index (χ0n) is 58.0. The summed E-state index contributed by atoms with van der Waals surface area (Å²) in [5.74, 6) is -3.82. The van der Waals surface area contributed by atoms with E-state index in [0.29, 0.717) is 0 Å². The Balaban J connectivity index is 1.11. The first-order chi connectivity index (χ1) is 46.6. The summed E-state index contributed by atoms with van der Waals surface area (Å²) >= 11 is 0. The van der Waals surface area contributed by atoms with Gasteiger partial charge in [-0.05, 0) is 99.3 Å². The van der Waals surface area contributed by atoms with Crippen molar-refractivity contribution in [2.45, 2.75) is 261 Å². The van der Waals surface area contributed by atoms with Crippen molar-refractivity contribution in [1.82, 2.24) is 14.7 Å².